The molecular weight excluding hydrogens is 452 g/mol. The third-order valence-electron chi connectivity index (χ3n) is 4.24. The van der Waals surface area contributed by atoms with E-state index in [1.54, 1.807) is 24.3 Å². The molecule has 0 aliphatic heterocycles. The van der Waals surface area contributed by atoms with E-state index in [0.29, 0.717) is 22.0 Å². The zero-order valence-electron chi connectivity index (χ0n) is 14.2. The molecule has 27 heavy (non-hydrogen) atoms. The summed E-state index contributed by atoms with van der Waals surface area (Å²) in [7, 11) is 0. The van der Waals surface area contributed by atoms with Crippen molar-refractivity contribution in [3.63, 3.8) is 0 Å². The van der Waals surface area contributed by atoms with Crippen LogP contribution < -0.4 is 5.32 Å². The maximum Gasteiger partial charge on any atom is 0.123 e. The molecule has 2 atom stereocenters. The third-order valence-corrected chi connectivity index (χ3v) is 5.51. The number of aliphatic hydroxyl groups excluding tert-OH is 1. The van der Waals surface area contributed by atoms with Gasteiger partial charge in [-0.05, 0) is 59.7 Å². The summed E-state index contributed by atoms with van der Waals surface area (Å²) < 4.78 is 14.1. The fourth-order valence-corrected chi connectivity index (χ4v) is 3.37. The van der Waals surface area contributed by atoms with Gasteiger partial charge in [-0.2, -0.15) is 0 Å². The zero-order chi connectivity index (χ0) is 19.4. The van der Waals surface area contributed by atoms with E-state index in [1.165, 1.54) is 12.1 Å². The summed E-state index contributed by atoms with van der Waals surface area (Å²) in [6.07, 6.45) is -0.396. The second-order valence-corrected chi connectivity index (χ2v) is 7.91. The molecular formula is C21H17BrCl2FNO. The van der Waals surface area contributed by atoms with Gasteiger partial charge in [0.15, 0.2) is 0 Å². The molecule has 0 amide bonds. The molecule has 0 radical (unpaired) electrons. The second-order valence-electron chi connectivity index (χ2n) is 6.18. The van der Waals surface area contributed by atoms with Crippen LogP contribution in [-0.4, -0.2) is 5.11 Å². The topological polar surface area (TPSA) is 32.3 Å². The standard InChI is InChI=1S/C21H17BrCl2FNO/c22-15-4-8-17(9-5-15)26-20(14-3-10-18(23)19(24)11-14)12-21(27)13-1-6-16(25)7-2-13/h1-11,20-21,26-27H,12H2. The minimum atomic E-state index is -0.770. The van der Waals surface area contributed by atoms with Crippen LogP contribution in [0.5, 0.6) is 0 Å². The van der Waals surface area contributed by atoms with Crippen molar-refractivity contribution in [2.24, 2.45) is 0 Å². The maximum atomic E-state index is 13.2. The normalized spacial score (nSPS) is 13.2. The molecule has 0 fully saturated rings. The smallest absolute Gasteiger partial charge is 0.123 e. The van der Waals surface area contributed by atoms with Crippen molar-refractivity contribution in [2.75, 3.05) is 5.32 Å². The average Bonchev–Trinajstić information content (AvgIpc) is 2.65. The van der Waals surface area contributed by atoms with Gasteiger partial charge in [0, 0.05) is 16.6 Å². The second kappa shape index (κ2) is 9.07. The van der Waals surface area contributed by atoms with Crippen LogP contribution in [0.1, 0.15) is 29.7 Å². The van der Waals surface area contributed by atoms with Crippen molar-refractivity contribution in [3.8, 4) is 0 Å². The van der Waals surface area contributed by atoms with Crippen molar-refractivity contribution in [2.45, 2.75) is 18.6 Å². The number of aliphatic hydroxyl groups is 1. The lowest BCUT2D eigenvalue weighted by Gasteiger charge is -2.24. The fraction of sp³-hybridized carbons (Fsp3) is 0.143. The van der Waals surface area contributed by atoms with Gasteiger partial charge in [0.05, 0.1) is 22.2 Å². The van der Waals surface area contributed by atoms with Crippen LogP contribution in [0.15, 0.2) is 71.2 Å². The molecule has 3 aromatic carbocycles. The lowest BCUT2D eigenvalue weighted by Crippen LogP contribution is -2.15. The van der Waals surface area contributed by atoms with Gasteiger partial charge < -0.3 is 10.4 Å². The van der Waals surface area contributed by atoms with Gasteiger partial charge in [-0.25, -0.2) is 4.39 Å². The Hall–Kier alpha value is -1.59. The molecule has 0 bridgehead atoms. The number of benzene rings is 3. The summed E-state index contributed by atoms with van der Waals surface area (Å²) in [5, 5.41) is 15.0. The first kappa shape index (κ1) is 20.2. The Bertz CT molecular complexity index is 903. The number of halogens is 4. The van der Waals surface area contributed by atoms with Crippen LogP contribution in [0.4, 0.5) is 10.1 Å². The minimum Gasteiger partial charge on any atom is -0.388 e. The van der Waals surface area contributed by atoms with Crippen molar-refractivity contribution in [1.82, 2.24) is 0 Å². The number of anilines is 1. The number of nitrogens with one attached hydrogen (secondary N) is 1. The molecule has 0 aliphatic rings. The molecule has 2 nitrogen and oxygen atoms in total. The monoisotopic (exact) mass is 467 g/mol. The summed E-state index contributed by atoms with van der Waals surface area (Å²) in [4.78, 5) is 0. The molecule has 0 heterocycles. The summed E-state index contributed by atoms with van der Waals surface area (Å²) in [5.41, 5.74) is 2.45. The number of rotatable bonds is 6. The van der Waals surface area contributed by atoms with Crippen LogP contribution in [0.3, 0.4) is 0 Å². The largest absolute Gasteiger partial charge is 0.388 e. The predicted octanol–water partition coefficient (Wildman–Crippen LogP) is 7.17. The van der Waals surface area contributed by atoms with Gasteiger partial charge in [0.25, 0.3) is 0 Å². The Morgan fingerprint density at radius 2 is 1.52 bits per heavy atom. The Labute approximate surface area is 176 Å². The molecule has 2 unspecified atom stereocenters. The molecule has 6 heteroatoms. The van der Waals surface area contributed by atoms with E-state index >= 15 is 0 Å². The SMILES string of the molecule is OC(CC(Nc1ccc(Br)cc1)c1ccc(Cl)c(Cl)c1)c1ccc(F)cc1. The molecule has 0 saturated carbocycles. The molecule has 3 rings (SSSR count). The first-order valence-corrected chi connectivity index (χ1v) is 9.88. The summed E-state index contributed by atoms with van der Waals surface area (Å²) in [6, 6.07) is 18.8. The molecule has 0 spiro atoms. The van der Waals surface area contributed by atoms with Crippen LogP contribution in [0, 0.1) is 5.82 Å². The highest BCUT2D eigenvalue weighted by molar-refractivity contribution is 9.10. The summed E-state index contributed by atoms with van der Waals surface area (Å²) >= 11 is 15.6. The lowest BCUT2D eigenvalue weighted by atomic mass is 9.96. The van der Waals surface area contributed by atoms with E-state index in [2.05, 4.69) is 21.2 Å². The van der Waals surface area contributed by atoms with Gasteiger partial charge in [0.1, 0.15) is 5.82 Å². The van der Waals surface area contributed by atoms with Crippen molar-refractivity contribution >= 4 is 44.8 Å². The van der Waals surface area contributed by atoms with E-state index < -0.39 is 6.10 Å². The summed E-state index contributed by atoms with van der Waals surface area (Å²) in [5.74, 6) is -0.333. The van der Waals surface area contributed by atoms with E-state index in [1.807, 2.05) is 30.3 Å². The van der Waals surface area contributed by atoms with Crippen molar-refractivity contribution in [3.05, 3.63) is 98.2 Å². The lowest BCUT2D eigenvalue weighted by molar-refractivity contribution is 0.160. The van der Waals surface area contributed by atoms with Crippen LogP contribution in [0.25, 0.3) is 0 Å². The highest BCUT2D eigenvalue weighted by atomic mass is 79.9. The van der Waals surface area contributed by atoms with Crippen molar-refractivity contribution in [1.29, 1.82) is 0 Å². The van der Waals surface area contributed by atoms with Gasteiger partial charge in [-0.15, -0.1) is 0 Å². The number of hydrogen-bond acceptors (Lipinski definition) is 2. The molecule has 140 valence electrons. The van der Waals surface area contributed by atoms with Gasteiger partial charge >= 0.3 is 0 Å². The molecule has 0 aliphatic carbocycles. The highest BCUT2D eigenvalue weighted by Gasteiger charge is 2.19. The molecule has 0 saturated heterocycles. The first-order valence-electron chi connectivity index (χ1n) is 8.33. The van der Waals surface area contributed by atoms with Gasteiger partial charge in [-0.3, -0.25) is 0 Å². The van der Waals surface area contributed by atoms with Crippen LogP contribution >= 0.6 is 39.1 Å². The van der Waals surface area contributed by atoms with Gasteiger partial charge in [-0.1, -0.05) is 57.3 Å². The van der Waals surface area contributed by atoms with Gasteiger partial charge in [0.2, 0.25) is 0 Å². The van der Waals surface area contributed by atoms with Crippen LogP contribution in [-0.2, 0) is 0 Å². The molecule has 0 aromatic heterocycles. The Morgan fingerprint density at radius 3 is 2.15 bits per heavy atom. The Morgan fingerprint density at radius 1 is 0.889 bits per heavy atom. The quantitative estimate of drug-likeness (QED) is 0.401. The summed E-state index contributed by atoms with van der Waals surface area (Å²) in [6.45, 7) is 0. The Kier molecular flexibility index (Phi) is 6.77. The maximum absolute atomic E-state index is 13.2. The van der Waals surface area contributed by atoms with E-state index in [9.17, 15) is 9.50 Å². The van der Waals surface area contributed by atoms with E-state index in [4.69, 9.17) is 23.2 Å². The van der Waals surface area contributed by atoms with Crippen molar-refractivity contribution < 1.29 is 9.50 Å². The third kappa shape index (κ3) is 5.45. The van der Waals surface area contributed by atoms with Crippen LogP contribution in [0.2, 0.25) is 10.0 Å². The minimum absolute atomic E-state index is 0.221. The highest BCUT2D eigenvalue weighted by Crippen LogP contribution is 2.33. The average molecular weight is 469 g/mol. The van der Waals surface area contributed by atoms with E-state index in [0.717, 1.165) is 15.7 Å². The van der Waals surface area contributed by atoms with E-state index in [-0.39, 0.29) is 11.9 Å². The Balaban J connectivity index is 1.87. The predicted molar refractivity (Wildman–Crippen MR) is 113 cm³/mol. The fourth-order valence-electron chi connectivity index (χ4n) is 2.80. The number of hydrogen-bond donors (Lipinski definition) is 2. The molecule has 3 aromatic rings. The molecule has 2 N–H and O–H groups in total. The first-order chi connectivity index (χ1) is 12.9. The zero-order valence-corrected chi connectivity index (χ0v) is 17.3.